The van der Waals surface area contributed by atoms with Crippen molar-refractivity contribution in [2.75, 3.05) is 19.6 Å². The first-order chi connectivity index (χ1) is 8.33. The summed E-state index contributed by atoms with van der Waals surface area (Å²) >= 11 is 0. The van der Waals surface area contributed by atoms with Gasteiger partial charge in [0, 0.05) is 50.8 Å². The van der Waals surface area contributed by atoms with Gasteiger partial charge in [0.05, 0.1) is 5.69 Å². The van der Waals surface area contributed by atoms with Crippen LogP contribution in [0.3, 0.4) is 0 Å². The molecule has 5 nitrogen and oxygen atoms in total. The fraction of sp³-hybridized carbons (Fsp3) is 0.500. The third-order valence-corrected chi connectivity index (χ3v) is 3.29. The van der Waals surface area contributed by atoms with Gasteiger partial charge in [-0.25, -0.2) is 9.97 Å². The molecule has 1 aliphatic heterocycles. The van der Waals surface area contributed by atoms with E-state index in [0.29, 0.717) is 6.04 Å². The van der Waals surface area contributed by atoms with Crippen molar-refractivity contribution in [1.82, 2.24) is 24.6 Å². The molecule has 1 fully saturated rings. The fourth-order valence-corrected chi connectivity index (χ4v) is 2.28. The highest BCUT2D eigenvalue weighted by Crippen LogP contribution is 2.09. The van der Waals surface area contributed by atoms with Crippen LogP contribution in [0.15, 0.2) is 24.7 Å². The molecule has 0 radical (unpaired) electrons. The molecule has 1 saturated heterocycles. The second-order valence-corrected chi connectivity index (χ2v) is 4.58. The van der Waals surface area contributed by atoms with Crippen molar-refractivity contribution in [2.45, 2.75) is 19.5 Å². The largest absolute Gasteiger partial charge is 0.314 e. The molecule has 1 N–H and O–H groups in total. The van der Waals surface area contributed by atoms with Gasteiger partial charge in [0.1, 0.15) is 0 Å². The van der Waals surface area contributed by atoms with Crippen molar-refractivity contribution >= 4 is 18.2 Å². The van der Waals surface area contributed by atoms with E-state index in [1.54, 1.807) is 6.20 Å². The quantitative estimate of drug-likeness (QED) is 0.880. The monoisotopic (exact) mass is 267 g/mol. The van der Waals surface area contributed by atoms with E-state index in [2.05, 4.69) is 33.3 Å². The molecule has 0 spiro atoms. The molecule has 0 aliphatic carbocycles. The molecule has 1 aliphatic rings. The third kappa shape index (κ3) is 2.63. The maximum Gasteiger partial charge on any atom is 0.233 e. The maximum atomic E-state index is 4.53. The number of piperazine rings is 1. The number of imidazole rings is 1. The summed E-state index contributed by atoms with van der Waals surface area (Å²) in [6.45, 7) is 6.37. The minimum absolute atomic E-state index is 0. The molecule has 18 heavy (non-hydrogen) atoms. The summed E-state index contributed by atoms with van der Waals surface area (Å²) in [6.07, 6.45) is 5.83. The molecule has 3 rings (SSSR count). The molecular formula is C12H18ClN5. The van der Waals surface area contributed by atoms with E-state index in [4.69, 9.17) is 0 Å². The van der Waals surface area contributed by atoms with Crippen LogP contribution in [0, 0.1) is 0 Å². The lowest BCUT2D eigenvalue weighted by Gasteiger charge is -2.33. The summed E-state index contributed by atoms with van der Waals surface area (Å²) in [5.41, 5.74) is 1.09. The molecule has 6 heteroatoms. The zero-order valence-electron chi connectivity index (χ0n) is 10.4. The normalized spacial score (nSPS) is 20.8. The first-order valence-electron chi connectivity index (χ1n) is 6.06. The van der Waals surface area contributed by atoms with Crippen molar-refractivity contribution in [3.05, 3.63) is 30.4 Å². The minimum Gasteiger partial charge on any atom is -0.314 e. The van der Waals surface area contributed by atoms with Gasteiger partial charge in [-0.3, -0.25) is 9.30 Å². The average molecular weight is 268 g/mol. The first-order valence-corrected chi connectivity index (χ1v) is 6.06. The SMILES string of the molecule is CC1CNCCN1Cc1cn2cccnc2n1.Cl. The van der Waals surface area contributed by atoms with Gasteiger partial charge in [0.15, 0.2) is 0 Å². The molecule has 0 amide bonds. The lowest BCUT2D eigenvalue weighted by Crippen LogP contribution is -2.49. The molecule has 0 bridgehead atoms. The van der Waals surface area contributed by atoms with Crippen molar-refractivity contribution < 1.29 is 0 Å². The van der Waals surface area contributed by atoms with Crippen molar-refractivity contribution in [3.63, 3.8) is 0 Å². The van der Waals surface area contributed by atoms with Crippen LogP contribution in [-0.4, -0.2) is 44.9 Å². The summed E-state index contributed by atoms with van der Waals surface area (Å²) in [5, 5.41) is 3.40. The van der Waals surface area contributed by atoms with Gasteiger partial charge in [-0.1, -0.05) is 0 Å². The number of halogens is 1. The van der Waals surface area contributed by atoms with E-state index >= 15 is 0 Å². The highest BCUT2D eigenvalue weighted by molar-refractivity contribution is 5.85. The number of hydrogen-bond acceptors (Lipinski definition) is 4. The Bertz CT molecular complexity index is 479. The van der Waals surface area contributed by atoms with E-state index in [1.807, 2.05) is 16.7 Å². The van der Waals surface area contributed by atoms with E-state index in [1.165, 1.54) is 0 Å². The Morgan fingerprint density at radius 1 is 1.50 bits per heavy atom. The molecule has 98 valence electrons. The molecule has 3 heterocycles. The van der Waals surface area contributed by atoms with Gasteiger partial charge in [-0.05, 0) is 13.0 Å². The van der Waals surface area contributed by atoms with Gasteiger partial charge in [-0.2, -0.15) is 0 Å². The number of nitrogens with one attached hydrogen (secondary N) is 1. The van der Waals surface area contributed by atoms with Gasteiger partial charge in [0.25, 0.3) is 0 Å². The molecule has 1 unspecified atom stereocenters. The first kappa shape index (κ1) is 13.3. The Balaban J connectivity index is 0.00000120. The fourth-order valence-electron chi connectivity index (χ4n) is 2.28. The topological polar surface area (TPSA) is 45.5 Å². The highest BCUT2D eigenvalue weighted by atomic mass is 35.5. The molecule has 2 aromatic rings. The number of aromatic nitrogens is 3. The second kappa shape index (κ2) is 5.65. The van der Waals surface area contributed by atoms with E-state index in [-0.39, 0.29) is 12.4 Å². The summed E-state index contributed by atoms with van der Waals surface area (Å²) in [5.74, 6) is 0.783. The van der Waals surface area contributed by atoms with Crippen molar-refractivity contribution in [2.24, 2.45) is 0 Å². The maximum absolute atomic E-state index is 4.53. The van der Waals surface area contributed by atoms with Crippen LogP contribution < -0.4 is 5.32 Å². The highest BCUT2D eigenvalue weighted by Gasteiger charge is 2.18. The van der Waals surface area contributed by atoms with Crippen molar-refractivity contribution in [1.29, 1.82) is 0 Å². The Morgan fingerprint density at radius 2 is 2.39 bits per heavy atom. The van der Waals surface area contributed by atoms with Gasteiger partial charge >= 0.3 is 0 Å². The van der Waals surface area contributed by atoms with E-state index in [0.717, 1.165) is 37.7 Å². The predicted octanol–water partition coefficient (Wildman–Crippen LogP) is 0.945. The van der Waals surface area contributed by atoms with Crippen LogP contribution in [0.25, 0.3) is 5.78 Å². The third-order valence-electron chi connectivity index (χ3n) is 3.29. The molecule has 0 aromatic carbocycles. The summed E-state index contributed by atoms with van der Waals surface area (Å²) in [4.78, 5) is 11.2. The Hall–Kier alpha value is -1.17. The standard InChI is InChI=1S/C12H17N5.ClH/c1-10-7-13-4-6-16(10)8-11-9-17-5-2-3-14-12(17)15-11;/h2-3,5,9-10,13H,4,6-8H2,1H3;1H. The number of fused-ring (bicyclic) bond motifs is 1. The predicted molar refractivity (Wildman–Crippen MR) is 73.0 cm³/mol. The Morgan fingerprint density at radius 3 is 3.17 bits per heavy atom. The number of rotatable bonds is 2. The average Bonchev–Trinajstić information content (AvgIpc) is 2.74. The van der Waals surface area contributed by atoms with Crippen LogP contribution in [0.2, 0.25) is 0 Å². The zero-order valence-corrected chi connectivity index (χ0v) is 11.2. The summed E-state index contributed by atoms with van der Waals surface area (Å²) in [6, 6.07) is 2.49. The molecule has 1 atom stereocenters. The zero-order chi connectivity index (χ0) is 11.7. The minimum atomic E-state index is 0. The van der Waals surface area contributed by atoms with Crippen LogP contribution >= 0.6 is 12.4 Å². The lowest BCUT2D eigenvalue weighted by atomic mass is 10.2. The number of nitrogens with zero attached hydrogens (tertiary/aromatic N) is 4. The Labute approximate surface area is 113 Å². The van der Waals surface area contributed by atoms with Crippen LogP contribution in [0.5, 0.6) is 0 Å². The second-order valence-electron chi connectivity index (χ2n) is 4.58. The van der Waals surface area contributed by atoms with Crippen LogP contribution in [0.1, 0.15) is 12.6 Å². The van der Waals surface area contributed by atoms with Gasteiger partial charge in [0.2, 0.25) is 5.78 Å². The van der Waals surface area contributed by atoms with Gasteiger partial charge < -0.3 is 5.32 Å². The summed E-state index contributed by atoms with van der Waals surface area (Å²) < 4.78 is 1.97. The van der Waals surface area contributed by atoms with Crippen LogP contribution in [0.4, 0.5) is 0 Å². The van der Waals surface area contributed by atoms with Gasteiger partial charge in [-0.15, -0.1) is 12.4 Å². The van der Waals surface area contributed by atoms with E-state index < -0.39 is 0 Å². The lowest BCUT2D eigenvalue weighted by molar-refractivity contribution is 0.164. The summed E-state index contributed by atoms with van der Waals surface area (Å²) in [7, 11) is 0. The number of hydrogen-bond donors (Lipinski definition) is 1. The molecule has 0 saturated carbocycles. The Kier molecular flexibility index (Phi) is 4.16. The smallest absolute Gasteiger partial charge is 0.233 e. The van der Waals surface area contributed by atoms with Crippen LogP contribution in [-0.2, 0) is 6.54 Å². The van der Waals surface area contributed by atoms with E-state index in [9.17, 15) is 0 Å². The molecular weight excluding hydrogens is 250 g/mol. The van der Waals surface area contributed by atoms with Crippen molar-refractivity contribution in [3.8, 4) is 0 Å². The molecule has 2 aromatic heterocycles.